The van der Waals surface area contributed by atoms with Gasteiger partial charge in [-0.2, -0.15) is 14.8 Å². The summed E-state index contributed by atoms with van der Waals surface area (Å²) in [7, 11) is -5.46. The van der Waals surface area contributed by atoms with Crippen molar-refractivity contribution < 1.29 is 8.42 Å². The van der Waals surface area contributed by atoms with Crippen LogP contribution < -0.4 is 0 Å². The van der Waals surface area contributed by atoms with Crippen molar-refractivity contribution in [2.45, 2.75) is 38.4 Å². The Morgan fingerprint density at radius 2 is 1.73 bits per heavy atom. The molecule has 0 fully saturated rings. The molecule has 0 radical (unpaired) electrons. The van der Waals surface area contributed by atoms with Gasteiger partial charge in [-0.15, -0.1) is 0 Å². The standard InChI is InChI=1S/C19H25N3O2SSi/c1-16-6-8-19(9-7-16)25(23,24)22(11-10-17(2)12-20)14-18(13-21)15-26(3,4)5/h6-10,15H,11,14H2,1-5H3/b17-10+,18-15-. The lowest BCUT2D eigenvalue weighted by Crippen LogP contribution is -2.34. The van der Waals surface area contributed by atoms with Crippen LogP contribution in [0.2, 0.25) is 19.6 Å². The van der Waals surface area contributed by atoms with Crippen LogP contribution >= 0.6 is 0 Å². The van der Waals surface area contributed by atoms with E-state index in [1.807, 2.05) is 18.7 Å². The van der Waals surface area contributed by atoms with Gasteiger partial charge >= 0.3 is 0 Å². The van der Waals surface area contributed by atoms with E-state index in [1.54, 1.807) is 37.3 Å². The summed E-state index contributed by atoms with van der Waals surface area (Å²) in [6, 6.07) is 10.7. The van der Waals surface area contributed by atoms with Gasteiger partial charge in [0.25, 0.3) is 0 Å². The van der Waals surface area contributed by atoms with Crippen LogP contribution in [0.1, 0.15) is 12.5 Å². The summed E-state index contributed by atoms with van der Waals surface area (Å²) in [5, 5.41) is 18.4. The zero-order valence-electron chi connectivity index (χ0n) is 15.9. The number of allylic oxidation sites excluding steroid dienone is 1. The maximum absolute atomic E-state index is 13.1. The van der Waals surface area contributed by atoms with Crippen molar-refractivity contribution in [1.82, 2.24) is 4.31 Å². The Hall–Kier alpha value is -2.19. The van der Waals surface area contributed by atoms with Crippen molar-refractivity contribution in [2.75, 3.05) is 13.1 Å². The van der Waals surface area contributed by atoms with E-state index in [0.29, 0.717) is 11.1 Å². The summed E-state index contributed by atoms with van der Waals surface area (Å²) in [4.78, 5) is 0.177. The van der Waals surface area contributed by atoms with Crippen molar-refractivity contribution in [1.29, 1.82) is 10.5 Å². The normalized spacial score (nSPS) is 13.4. The highest BCUT2D eigenvalue weighted by molar-refractivity contribution is 7.89. The molecule has 138 valence electrons. The molecule has 0 spiro atoms. The van der Waals surface area contributed by atoms with E-state index in [9.17, 15) is 13.7 Å². The van der Waals surface area contributed by atoms with Crippen molar-refractivity contribution in [2.24, 2.45) is 0 Å². The fourth-order valence-corrected chi connectivity index (χ4v) is 4.78. The van der Waals surface area contributed by atoms with Crippen molar-refractivity contribution in [3.63, 3.8) is 0 Å². The highest BCUT2D eigenvalue weighted by atomic mass is 32.2. The Morgan fingerprint density at radius 1 is 1.15 bits per heavy atom. The van der Waals surface area contributed by atoms with E-state index in [1.165, 1.54) is 4.31 Å². The Bertz CT molecular complexity index is 881. The minimum Gasteiger partial charge on any atom is -0.207 e. The van der Waals surface area contributed by atoms with Crippen molar-refractivity contribution in [3.8, 4) is 12.1 Å². The van der Waals surface area contributed by atoms with Crippen molar-refractivity contribution in [3.05, 3.63) is 52.8 Å². The van der Waals surface area contributed by atoms with E-state index in [2.05, 4.69) is 25.7 Å². The molecule has 0 unspecified atom stereocenters. The molecule has 5 nitrogen and oxygen atoms in total. The quantitative estimate of drug-likeness (QED) is 0.526. The van der Waals surface area contributed by atoms with Crippen LogP contribution in [0.4, 0.5) is 0 Å². The van der Waals surface area contributed by atoms with Gasteiger partial charge in [-0.3, -0.25) is 0 Å². The molecule has 0 amide bonds. The van der Waals surface area contributed by atoms with Gasteiger partial charge in [0.05, 0.1) is 25.1 Å². The molecule has 0 aliphatic carbocycles. The number of hydrogen-bond acceptors (Lipinski definition) is 4. The van der Waals surface area contributed by atoms with Gasteiger partial charge < -0.3 is 0 Å². The second-order valence-electron chi connectivity index (χ2n) is 7.26. The van der Waals surface area contributed by atoms with E-state index >= 15 is 0 Å². The van der Waals surface area contributed by atoms with Gasteiger partial charge in [-0.25, -0.2) is 8.42 Å². The SMILES string of the molecule is C/C(C#N)=C\CN(C/C(C#N)=C\[Si](C)(C)C)S(=O)(=O)c1ccc(C)cc1. The number of nitriles is 2. The first-order valence-corrected chi connectivity index (χ1v) is 13.3. The molecular formula is C19H25N3O2SSi. The maximum Gasteiger partial charge on any atom is 0.243 e. The molecule has 0 heterocycles. The van der Waals surface area contributed by atoms with Gasteiger partial charge in [0.15, 0.2) is 0 Å². The predicted octanol–water partition coefficient (Wildman–Crippen LogP) is 3.78. The summed E-state index contributed by atoms with van der Waals surface area (Å²) in [6.45, 7) is 9.80. The van der Waals surface area contributed by atoms with Gasteiger partial charge in [-0.05, 0) is 26.0 Å². The molecule has 1 aromatic carbocycles. The van der Waals surface area contributed by atoms with E-state index in [4.69, 9.17) is 5.26 Å². The second kappa shape index (κ2) is 8.95. The third-order valence-electron chi connectivity index (χ3n) is 3.53. The van der Waals surface area contributed by atoms with E-state index in [0.717, 1.165) is 5.56 Å². The molecule has 0 aromatic heterocycles. The molecule has 1 rings (SSSR count). The van der Waals surface area contributed by atoms with Crippen LogP contribution in [0.25, 0.3) is 0 Å². The molecule has 7 heteroatoms. The second-order valence-corrected chi connectivity index (χ2v) is 14.2. The zero-order chi connectivity index (χ0) is 20.0. The molecule has 26 heavy (non-hydrogen) atoms. The lowest BCUT2D eigenvalue weighted by atomic mass is 10.2. The summed E-state index contributed by atoms with van der Waals surface area (Å²) in [6.07, 6.45) is 1.56. The van der Waals surface area contributed by atoms with Crippen molar-refractivity contribution >= 4 is 18.1 Å². The molecular weight excluding hydrogens is 362 g/mol. The average molecular weight is 388 g/mol. The molecule has 0 atom stereocenters. The summed E-state index contributed by atoms with van der Waals surface area (Å²) < 4.78 is 27.3. The number of rotatable bonds is 7. The molecule has 0 bridgehead atoms. The lowest BCUT2D eigenvalue weighted by molar-refractivity contribution is 0.469. The topological polar surface area (TPSA) is 85.0 Å². The number of nitrogens with zero attached hydrogens (tertiary/aromatic N) is 3. The van der Waals surface area contributed by atoms with Crippen LogP contribution in [0.15, 0.2) is 52.1 Å². The minimum absolute atomic E-state index is 0.00775. The van der Waals surface area contributed by atoms with Crippen LogP contribution in [0, 0.1) is 29.6 Å². The highest BCUT2D eigenvalue weighted by Crippen LogP contribution is 2.19. The zero-order valence-corrected chi connectivity index (χ0v) is 17.8. The third-order valence-corrected chi connectivity index (χ3v) is 6.57. The molecule has 1 aromatic rings. The van der Waals surface area contributed by atoms with E-state index in [-0.39, 0.29) is 18.0 Å². The fraction of sp³-hybridized carbons (Fsp3) is 0.368. The predicted molar refractivity (Wildman–Crippen MR) is 106 cm³/mol. The first kappa shape index (κ1) is 21.8. The summed E-state index contributed by atoms with van der Waals surface area (Å²) >= 11 is 0. The Morgan fingerprint density at radius 3 is 2.19 bits per heavy atom. The average Bonchev–Trinajstić information content (AvgIpc) is 2.56. The minimum atomic E-state index is -3.78. The van der Waals surface area contributed by atoms with Crippen LogP contribution in [-0.2, 0) is 10.0 Å². The monoisotopic (exact) mass is 387 g/mol. The van der Waals surface area contributed by atoms with E-state index < -0.39 is 18.1 Å². The molecule has 0 saturated carbocycles. The number of hydrogen-bond donors (Lipinski definition) is 0. The van der Waals surface area contributed by atoms with Crippen LogP contribution in [-0.4, -0.2) is 33.9 Å². The fourth-order valence-electron chi connectivity index (χ4n) is 2.22. The Kier molecular flexibility index (Phi) is 7.52. The first-order chi connectivity index (χ1) is 12.0. The largest absolute Gasteiger partial charge is 0.243 e. The summed E-state index contributed by atoms with van der Waals surface area (Å²) in [5.41, 5.74) is 3.74. The van der Waals surface area contributed by atoms with Crippen LogP contribution in [0.3, 0.4) is 0 Å². The summed E-state index contributed by atoms with van der Waals surface area (Å²) in [5.74, 6) is 0. The third kappa shape index (κ3) is 6.60. The lowest BCUT2D eigenvalue weighted by Gasteiger charge is -2.22. The highest BCUT2D eigenvalue weighted by Gasteiger charge is 2.25. The van der Waals surface area contributed by atoms with Gasteiger partial charge in [-0.1, -0.05) is 49.1 Å². The Labute approximate surface area is 157 Å². The molecule has 0 aliphatic heterocycles. The van der Waals surface area contributed by atoms with Gasteiger partial charge in [0, 0.05) is 24.2 Å². The molecule has 0 saturated heterocycles. The molecule has 0 N–H and O–H groups in total. The first-order valence-electron chi connectivity index (χ1n) is 8.25. The van der Waals surface area contributed by atoms with Crippen LogP contribution in [0.5, 0.6) is 0 Å². The maximum atomic E-state index is 13.1. The molecule has 0 aliphatic rings. The Balaban J connectivity index is 3.32. The number of aryl methyl sites for hydroxylation is 1. The van der Waals surface area contributed by atoms with Gasteiger partial charge in [0.1, 0.15) is 0 Å². The van der Waals surface area contributed by atoms with Gasteiger partial charge in [0.2, 0.25) is 10.0 Å². The number of sulfonamides is 1. The number of benzene rings is 1. The smallest absolute Gasteiger partial charge is 0.207 e.